The van der Waals surface area contributed by atoms with Crippen LogP contribution in [-0.4, -0.2) is 58.8 Å². The largest absolute Gasteiger partial charge is 0.352 e. The van der Waals surface area contributed by atoms with E-state index in [9.17, 15) is 0 Å². The second-order valence-corrected chi connectivity index (χ2v) is 8.74. The van der Waals surface area contributed by atoms with Gasteiger partial charge in [0.1, 0.15) is 0 Å². The highest BCUT2D eigenvalue weighted by Crippen LogP contribution is 2.26. The number of aromatic nitrogens is 2. The van der Waals surface area contributed by atoms with Crippen molar-refractivity contribution in [1.82, 2.24) is 24.9 Å². The van der Waals surface area contributed by atoms with E-state index >= 15 is 0 Å². The highest BCUT2D eigenvalue weighted by atomic mass is 15.3. The van der Waals surface area contributed by atoms with E-state index in [-0.39, 0.29) is 0 Å². The van der Waals surface area contributed by atoms with Crippen LogP contribution >= 0.6 is 0 Å². The Labute approximate surface area is 181 Å². The Morgan fingerprint density at radius 1 is 1.10 bits per heavy atom. The number of hydrogen-bond donors (Lipinski definition) is 1. The Bertz CT molecular complexity index is 834. The zero-order valence-corrected chi connectivity index (χ0v) is 18.6. The van der Waals surface area contributed by atoms with E-state index in [1.165, 1.54) is 55.5 Å². The smallest absolute Gasteiger partial charge is 0.193 e. The number of rotatable bonds is 5. The third-order valence-electron chi connectivity index (χ3n) is 6.54. The number of likely N-dealkylation sites (tertiary alicyclic amines) is 2. The number of nitrogens with zero attached hydrogens (tertiary/aromatic N) is 5. The summed E-state index contributed by atoms with van der Waals surface area (Å²) in [7, 11) is 3.88. The molecule has 2 fully saturated rings. The minimum atomic E-state index is 0.535. The Balaban J connectivity index is 1.35. The Morgan fingerprint density at radius 3 is 2.57 bits per heavy atom. The van der Waals surface area contributed by atoms with Gasteiger partial charge in [-0.05, 0) is 49.0 Å². The molecule has 0 saturated carbocycles. The van der Waals surface area contributed by atoms with Crippen LogP contribution in [0.2, 0.25) is 0 Å². The molecule has 6 nitrogen and oxygen atoms in total. The Kier molecular flexibility index (Phi) is 7.05. The molecule has 0 aliphatic carbocycles. The zero-order valence-electron chi connectivity index (χ0n) is 18.6. The fourth-order valence-corrected chi connectivity index (χ4v) is 4.80. The molecule has 1 aromatic heterocycles. The minimum absolute atomic E-state index is 0.535. The maximum absolute atomic E-state index is 4.58. The van der Waals surface area contributed by atoms with Gasteiger partial charge in [-0.25, -0.2) is 0 Å². The summed E-state index contributed by atoms with van der Waals surface area (Å²) in [4.78, 5) is 9.59. The molecule has 0 bridgehead atoms. The molecule has 2 aromatic rings. The highest BCUT2D eigenvalue weighted by Gasteiger charge is 2.27. The van der Waals surface area contributed by atoms with Crippen LogP contribution in [0.25, 0.3) is 0 Å². The number of nitrogens with one attached hydrogen (secondary N) is 1. The van der Waals surface area contributed by atoms with Crippen LogP contribution in [0.3, 0.4) is 0 Å². The van der Waals surface area contributed by atoms with Crippen LogP contribution in [0.1, 0.15) is 54.7 Å². The van der Waals surface area contributed by atoms with E-state index in [0.717, 1.165) is 38.6 Å². The first-order chi connectivity index (χ1) is 14.7. The number of aliphatic imine (C=N–C) groups is 1. The minimum Gasteiger partial charge on any atom is -0.352 e. The number of hydrogen-bond acceptors (Lipinski definition) is 3. The molecular weight excluding hydrogens is 372 g/mol. The molecule has 2 aliphatic rings. The lowest BCUT2D eigenvalue weighted by atomic mass is 10.0. The van der Waals surface area contributed by atoms with Crippen molar-refractivity contribution in [2.45, 2.75) is 51.1 Å². The van der Waals surface area contributed by atoms with Crippen molar-refractivity contribution in [3.8, 4) is 0 Å². The summed E-state index contributed by atoms with van der Waals surface area (Å²) in [5.41, 5.74) is 4.15. The molecule has 4 rings (SSSR count). The lowest BCUT2D eigenvalue weighted by Gasteiger charge is -2.24. The molecular formula is C24H36N6. The van der Waals surface area contributed by atoms with Gasteiger partial charge in [0.15, 0.2) is 5.96 Å². The summed E-state index contributed by atoms with van der Waals surface area (Å²) < 4.78 is 1.90. The van der Waals surface area contributed by atoms with Crippen molar-refractivity contribution in [2.75, 3.05) is 33.2 Å². The average Bonchev–Trinajstić information content (AvgIpc) is 3.33. The molecule has 2 saturated heterocycles. The average molecular weight is 409 g/mol. The molecule has 30 heavy (non-hydrogen) atoms. The maximum atomic E-state index is 4.58. The first-order valence-corrected chi connectivity index (χ1v) is 11.5. The van der Waals surface area contributed by atoms with Crippen molar-refractivity contribution in [3.63, 3.8) is 0 Å². The molecule has 1 N–H and O–H groups in total. The lowest BCUT2D eigenvalue weighted by molar-refractivity contribution is 0.276. The number of aryl methyl sites for hydroxylation is 1. The quantitative estimate of drug-likeness (QED) is 0.609. The summed E-state index contributed by atoms with van der Waals surface area (Å²) in [5, 5.41) is 7.97. The third-order valence-corrected chi connectivity index (χ3v) is 6.54. The predicted octanol–water partition coefficient (Wildman–Crippen LogP) is 3.36. The first kappa shape index (κ1) is 20.9. The molecule has 162 valence electrons. The van der Waals surface area contributed by atoms with E-state index in [0.29, 0.717) is 5.92 Å². The molecule has 0 amide bonds. The van der Waals surface area contributed by atoms with Gasteiger partial charge in [0.05, 0.1) is 6.20 Å². The number of benzene rings is 1. The molecule has 1 aromatic carbocycles. The van der Waals surface area contributed by atoms with Gasteiger partial charge < -0.3 is 10.2 Å². The summed E-state index contributed by atoms with van der Waals surface area (Å²) >= 11 is 0. The second kappa shape index (κ2) is 10.1. The third kappa shape index (κ3) is 5.22. The van der Waals surface area contributed by atoms with Crippen molar-refractivity contribution in [1.29, 1.82) is 0 Å². The first-order valence-electron chi connectivity index (χ1n) is 11.5. The van der Waals surface area contributed by atoms with E-state index in [1.807, 2.05) is 25.0 Å². The monoisotopic (exact) mass is 408 g/mol. The normalized spacial score (nSPS) is 21.1. The van der Waals surface area contributed by atoms with Crippen molar-refractivity contribution >= 4 is 5.96 Å². The molecule has 0 radical (unpaired) electrons. The van der Waals surface area contributed by atoms with Gasteiger partial charge in [0, 0.05) is 52.4 Å². The second-order valence-electron chi connectivity index (χ2n) is 8.74. The number of guanidine groups is 1. The fraction of sp³-hybridized carbons (Fsp3) is 0.583. The van der Waals surface area contributed by atoms with Crippen LogP contribution in [-0.2, 0) is 20.1 Å². The van der Waals surface area contributed by atoms with E-state index in [2.05, 4.69) is 55.7 Å². The SMILES string of the molecule is CN=C(NCc1ccccc1CN1CCCCCC1)N1CCC(c2cnn(C)c2)C1. The van der Waals surface area contributed by atoms with Crippen molar-refractivity contribution < 1.29 is 0 Å². The van der Waals surface area contributed by atoms with Crippen LogP contribution in [0, 0.1) is 0 Å². The van der Waals surface area contributed by atoms with Gasteiger partial charge in [-0.1, -0.05) is 37.1 Å². The van der Waals surface area contributed by atoms with Gasteiger partial charge >= 0.3 is 0 Å². The van der Waals surface area contributed by atoms with Gasteiger partial charge in [0.25, 0.3) is 0 Å². The van der Waals surface area contributed by atoms with Crippen molar-refractivity contribution in [2.24, 2.45) is 12.0 Å². The summed E-state index contributed by atoms with van der Waals surface area (Å²) in [5.74, 6) is 1.54. The fourth-order valence-electron chi connectivity index (χ4n) is 4.80. The predicted molar refractivity (Wildman–Crippen MR) is 123 cm³/mol. The topological polar surface area (TPSA) is 48.7 Å². The molecule has 0 spiro atoms. The standard InChI is InChI=1S/C24H36N6/c1-25-24(30-14-11-22(19-30)23-16-27-28(2)17-23)26-15-20-9-5-6-10-21(20)18-29-12-7-3-4-8-13-29/h5-6,9-10,16-17,22H,3-4,7-8,11-15,18-19H2,1-2H3,(H,25,26). The van der Waals surface area contributed by atoms with E-state index in [4.69, 9.17) is 0 Å². The summed E-state index contributed by atoms with van der Waals surface area (Å²) in [6, 6.07) is 8.87. The Hall–Kier alpha value is -2.34. The lowest BCUT2D eigenvalue weighted by Crippen LogP contribution is -2.39. The molecule has 6 heteroatoms. The van der Waals surface area contributed by atoms with Gasteiger partial charge in [-0.3, -0.25) is 14.6 Å². The zero-order chi connectivity index (χ0) is 20.8. The summed E-state index contributed by atoms with van der Waals surface area (Å²) in [6.45, 7) is 6.38. The highest BCUT2D eigenvalue weighted by molar-refractivity contribution is 5.80. The molecule has 3 heterocycles. The Morgan fingerprint density at radius 2 is 1.87 bits per heavy atom. The molecule has 1 atom stereocenters. The van der Waals surface area contributed by atoms with Gasteiger partial charge in [-0.2, -0.15) is 5.10 Å². The maximum Gasteiger partial charge on any atom is 0.193 e. The van der Waals surface area contributed by atoms with E-state index < -0.39 is 0 Å². The molecule has 1 unspecified atom stereocenters. The van der Waals surface area contributed by atoms with E-state index in [1.54, 1.807) is 0 Å². The van der Waals surface area contributed by atoms with Crippen LogP contribution < -0.4 is 5.32 Å². The molecule has 2 aliphatic heterocycles. The van der Waals surface area contributed by atoms with Crippen LogP contribution in [0.15, 0.2) is 41.7 Å². The van der Waals surface area contributed by atoms with Crippen LogP contribution in [0.5, 0.6) is 0 Å². The van der Waals surface area contributed by atoms with Gasteiger partial charge in [-0.15, -0.1) is 0 Å². The van der Waals surface area contributed by atoms with Crippen molar-refractivity contribution in [3.05, 3.63) is 53.3 Å². The van der Waals surface area contributed by atoms with Crippen LogP contribution in [0.4, 0.5) is 0 Å². The summed E-state index contributed by atoms with van der Waals surface area (Å²) in [6.07, 6.45) is 10.7. The van der Waals surface area contributed by atoms with Gasteiger partial charge in [0.2, 0.25) is 0 Å².